The molecule has 0 radical (unpaired) electrons. The average Bonchev–Trinajstić information content (AvgIpc) is 2.59. The van der Waals surface area contributed by atoms with Gasteiger partial charge in [0.2, 0.25) is 0 Å². The monoisotopic (exact) mass is 426 g/mol. The minimum Gasteiger partial charge on any atom is -0.329 e. The van der Waals surface area contributed by atoms with Crippen LogP contribution in [-0.2, 0) is 6.54 Å². The van der Waals surface area contributed by atoms with Crippen molar-refractivity contribution in [1.82, 2.24) is 9.88 Å². The maximum absolute atomic E-state index is 13.2. The molecule has 0 bridgehead atoms. The topological polar surface area (TPSA) is 53.2 Å². The van der Waals surface area contributed by atoms with Gasteiger partial charge in [-0.05, 0) is 79.3 Å². The van der Waals surface area contributed by atoms with E-state index in [1.54, 1.807) is 11.0 Å². The minimum atomic E-state index is -0.444. The number of hydrogen-bond donors (Lipinski definition) is 1. The maximum Gasteiger partial charge on any atom is 0.255 e. The predicted molar refractivity (Wildman–Crippen MR) is 113 cm³/mol. The first kappa shape index (κ1) is 19.4. The highest BCUT2D eigenvalue weighted by Gasteiger charge is 2.29. The fourth-order valence-electron chi connectivity index (χ4n) is 3.05. The highest BCUT2D eigenvalue weighted by molar-refractivity contribution is 9.10. The van der Waals surface area contributed by atoms with Gasteiger partial charge in [-0.2, -0.15) is 0 Å². The lowest BCUT2D eigenvalue weighted by atomic mass is 10.0. The molecule has 1 amide bonds. The van der Waals surface area contributed by atoms with Crippen LogP contribution < -0.4 is 5.56 Å². The fourth-order valence-corrected chi connectivity index (χ4v) is 3.51. The van der Waals surface area contributed by atoms with E-state index in [4.69, 9.17) is 0 Å². The number of nitrogens with one attached hydrogen (secondary N) is 1. The molecule has 0 atom stereocenters. The Morgan fingerprint density at radius 2 is 1.81 bits per heavy atom. The lowest BCUT2D eigenvalue weighted by molar-refractivity contribution is 0.0557. The van der Waals surface area contributed by atoms with Gasteiger partial charge in [-0.3, -0.25) is 9.59 Å². The second-order valence-corrected chi connectivity index (χ2v) is 8.61. The zero-order valence-corrected chi connectivity index (χ0v) is 17.6. The molecule has 0 spiro atoms. The molecule has 0 aliphatic heterocycles. The highest BCUT2D eigenvalue weighted by atomic mass is 79.9. The number of halogens is 1. The lowest BCUT2D eigenvalue weighted by Crippen LogP contribution is -2.46. The lowest BCUT2D eigenvalue weighted by Gasteiger charge is -2.36. The molecule has 0 unspecified atom stereocenters. The molecule has 1 heterocycles. The van der Waals surface area contributed by atoms with Crippen molar-refractivity contribution in [1.29, 1.82) is 0 Å². The number of aromatic nitrogens is 1. The van der Waals surface area contributed by atoms with Gasteiger partial charge in [0, 0.05) is 21.1 Å². The summed E-state index contributed by atoms with van der Waals surface area (Å²) >= 11 is 3.46. The van der Waals surface area contributed by atoms with Crippen molar-refractivity contribution in [3.63, 3.8) is 0 Å². The molecule has 5 heteroatoms. The van der Waals surface area contributed by atoms with Crippen LogP contribution in [0.25, 0.3) is 10.9 Å². The molecular weight excluding hydrogens is 404 g/mol. The number of rotatable bonds is 3. The number of pyridine rings is 1. The van der Waals surface area contributed by atoms with Gasteiger partial charge in [0.1, 0.15) is 0 Å². The first-order valence-electron chi connectivity index (χ1n) is 8.86. The summed E-state index contributed by atoms with van der Waals surface area (Å²) in [5.74, 6) is -0.112. The van der Waals surface area contributed by atoms with Gasteiger partial charge in [-0.15, -0.1) is 0 Å². The number of H-pyrrole nitrogens is 1. The van der Waals surface area contributed by atoms with Crippen LogP contribution >= 0.6 is 15.9 Å². The molecule has 1 N–H and O–H groups in total. The summed E-state index contributed by atoms with van der Waals surface area (Å²) in [6.45, 7) is 8.18. The van der Waals surface area contributed by atoms with E-state index in [1.807, 2.05) is 70.2 Å². The van der Waals surface area contributed by atoms with E-state index in [0.29, 0.717) is 11.1 Å². The van der Waals surface area contributed by atoms with Crippen LogP contribution in [0.3, 0.4) is 0 Å². The zero-order chi connectivity index (χ0) is 19.8. The molecule has 0 saturated carbocycles. The quantitative estimate of drug-likeness (QED) is 0.637. The van der Waals surface area contributed by atoms with Crippen molar-refractivity contribution in [3.05, 3.63) is 80.0 Å². The summed E-state index contributed by atoms with van der Waals surface area (Å²) in [6, 6.07) is 15.1. The maximum atomic E-state index is 13.2. The molecule has 1 aromatic heterocycles. The van der Waals surface area contributed by atoms with Crippen LogP contribution in [0.2, 0.25) is 0 Å². The Bertz CT molecular complexity index is 1060. The summed E-state index contributed by atoms with van der Waals surface area (Å²) in [4.78, 5) is 30.5. The minimum absolute atomic E-state index is 0.112. The van der Waals surface area contributed by atoms with Crippen molar-refractivity contribution < 1.29 is 4.79 Å². The Labute approximate surface area is 167 Å². The molecule has 0 saturated heterocycles. The molecule has 140 valence electrons. The van der Waals surface area contributed by atoms with Gasteiger partial charge < -0.3 is 9.88 Å². The van der Waals surface area contributed by atoms with Crippen LogP contribution in [0.1, 0.15) is 42.3 Å². The number of aromatic amines is 1. The number of carbonyl (C=O) groups excluding carboxylic acids is 1. The Morgan fingerprint density at radius 3 is 2.48 bits per heavy atom. The number of carbonyl (C=O) groups is 1. The van der Waals surface area contributed by atoms with Gasteiger partial charge >= 0.3 is 0 Å². The van der Waals surface area contributed by atoms with E-state index in [2.05, 4.69) is 20.9 Å². The third kappa shape index (κ3) is 4.14. The van der Waals surface area contributed by atoms with E-state index >= 15 is 0 Å². The standard InChI is InChI=1S/C22H23BrN2O2/c1-14-9-10-19-15(11-14)12-16(20(26)24-19)13-25(22(2,3)4)21(27)17-7-5-6-8-18(17)23/h5-12H,13H2,1-4H3,(H,24,26). The van der Waals surface area contributed by atoms with Crippen LogP contribution in [0.5, 0.6) is 0 Å². The van der Waals surface area contributed by atoms with E-state index in [9.17, 15) is 9.59 Å². The molecular formula is C22H23BrN2O2. The molecule has 3 rings (SSSR count). The average molecular weight is 427 g/mol. The molecule has 0 aliphatic carbocycles. The first-order valence-corrected chi connectivity index (χ1v) is 9.65. The summed E-state index contributed by atoms with van der Waals surface area (Å²) in [7, 11) is 0. The Morgan fingerprint density at radius 1 is 1.11 bits per heavy atom. The predicted octanol–water partition coefficient (Wildman–Crippen LogP) is 5.04. The number of aryl methyl sites for hydroxylation is 1. The summed E-state index contributed by atoms with van der Waals surface area (Å²) in [5.41, 5.74) is 2.47. The first-order chi connectivity index (χ1) is 12.7. The SMILES string of the molecule is Cc1ccc2[nH]c(=O)c(CN(C(=O)c3ccccc3Br)C(C)(C)C)cc2c1. The largest absolute Gasteiger partial charge is 0.329 e. The molecule has 4 nitrogen and oxygen atoms in total. The van der Waals surface area contributed by atoms with Crippen LogP contribution in [-0.4, -0.2) is 21.3 Å². The van der Waals surface area contributed by atoms with Crippen LogP contribution in [0.15, 0.2) is 57.8 Å². The summed E-state index contributed by atoms with van der Waals surface area (Å²) in [6.07, 6.45) is 0. The number of hydrogen-bond acceptors (Lipinski definition) is 2. The third-order valence-corrected chi connectivity index (χ3v) is 5.26. The van der Waals surface area contributed by atoms with Crippen LogP contribution in [0, 0.1) is 6.92 Å². The second kappa shape index (κ2) is 7.31. The second-order valence-electron chi connectivity index (χ2n) is 7.76. The number of amides is 1. The van der Waals surface area contributed by atoms with Gasteiger partial charge in [0.15, 0.2) is 0 Å². The Hall–Kier alpha value is -2.40. The third-order valence-electron chi connectivity index (χ3n) is 4.56. The fraction of sp³-hybridized carbons (Fsp3) is 0.273. The zero-order valence-electron chi connectivity index (χ0n) is 16.0. The van der Waals surface area contributed by atoms with Crippen molar-refractivity contribution in [3.8, 4) is 0 Å². The van der Waals surface area contributed by atoms with Gasteiger partial charge in [0.25, 0.3) is 11.5 Å². The van der Waals surface area contributed by atoms with E-state index < -0.39 is 5.54 Å². The molecule has 0 fully saturated rings. The summed E-state index contributed by atoms with van der Waals surface area (Å²) < 4.78 is 0.743. The molecule has 2 aromatic carbocycles. The van der Waals surface area contributed by atoms with Crippen molar-refractivity contribution in [2.24, 2.45) is 0 Å². The van der Waals surface area contributed by atoms with E-state index in [-0.39, 0.29) is 18.0 Å². The van der Waals surface area contributed by atoms with Gasteiger partial charge in [0.05, 0.1) is 12.1 Å². The molecule has 27 heavy (non-hydrogen) atoms. The normalized spacial score (nSPS) is 11.6. The smallest absolute Gasteiger partial charge is 0.255 e. The van der Waals surface area contributed by atoms with Crippen LogP contribution in [0.4, 0.5) is 0 Å². The molecule has 0 aliphatic rings. The Kier molecular flexibility index (Phi) is 5.24. The number of nitrogens with zero attached hydrogens (tertiary/aromatic N) is 1. The van der Waals surface area contributed by atoms with Gasteiger partial charge in [-0.25, -0.2) is 0 Å². The van der Waals surface area contributed by atoms with E-state index in [1.165, 1.54) is 0 Å². The summed E-state index contributed by atoms with van der Waals surface area (Å²) in [5, 5.41) is 0.965. The number of benzene rings is 2. The van der Waals surface area contributed by atoms with Gasteiger partial charge in [-0.1, -0.05) is 23.8 Å². The Balaban J connectivity index is 2.04. The highest BCUT2D eigenvalue weighted by Crippen LogP contribution is 2.25. The van der Waals surface area contributed by atoms with E-state index in [0.717, 1.165) is 20.9 Å². The number of fused-ring (bicyclic) bond motifs is 1. The molecule has 3 aromatic rings. The van der Waals surface area contributed by atoms with Crippen molar-refractivity contribution in [2.75, 3.05) is 0 Å². The van der Waals surface area contributed by atoms with Crippen molar-refractivity contribution in [2.45, 2.75) is 39.8 Å². The van der Waals surface area contributed by atoms with Crippen molar-refractivity contribution >= 4 is 32.7 Å².